The van der Waals surface area contributed by atoms with E-state index < -0.39 is 11.5 Å². The number of nitrogens with one attached hydrogen (secondary N) is 1. The quantitative estimate of drug-likeness (QED) is 0.864. The Bertz CT molecular complexity index is 418. The van der Waals surface area contributed by atoms with E-state index in [9.17, 15) is 9.90 Å². The van der Waals surface area contributed by atoms with Crippen molar-refractivity contribution in [2.24, 2.45) is 0 Å². The van der Waals surface area contributed by atoms with Gasteiger partial charge >= 0.3 is 5.97 Å². The van der Waals surface area contributed by atoms with Crippen LogP contribution in [0.4, 0.5) is 0 Å². The predicted molar refractivity (Wildman–Crippen MR) is 66.4 cm³/mol. The molecule has 0 bridgehead atoms. The molecule has 1 heterocycles. The van der Waals surface area contributed by atoms with Crippen LogP contribution in [0, 0.1) is 6.92 Å². The number of aryl methyl sites for hydroxylation is 1. The van der Waals surface area contributed by atoms with Crippen LogP contribution in [-0.2, 0) is 4.79 Å². The monoisotopic (exact) mass is 255 g/mol. The van der Waals surface area contributed by atoms with Gasteiger partial charge in [-0.25, -0.2) is 0 Å². The zero-order valence-electron chi connectivity index (χ0n) is 10.0. The number of rotatable bonds is 4. The molecule has 2 atom stereocenters. The third-order valence-corrected chi connectivity index (χ3v) is 4.88. The van der Waals surface area contributed by atoms with Crippen molar-refractivity contribution >= 4 is 17.7 Å². The molecule has 2 rings (SSSR count). The molecule has 94 valence electrons. The maximum atomic E-state index is 11.3. The normalized spacial score (nSPS) is 28.5. The predicted octanol–water partition coefficient (Wildman–Crippen LogP) is 2.28. The van der Waals surface area contributed by atoms with Crippen LogP contribution >= 0.6 is 11.8 Å². The summed E-state index contributed by atoms with van der Waals surface area (Å²) in [6, 6.07) is 1.94. The first-order chi connectivity index (χ1) is 8.07. The van der Waals surface area contributed by atoms with Crippen molar-refractivity contribution < 1.29 is 14.3 Å². The van der Waals surface area contributed by atoms with Gasteiger partial charge in [-0.05, 0) is 39.3 Å². The molecule has 0 saturated heterocycles. The second-order valence-corrected chi connectivity index (χ2v) is 5.80. The van der Waals surface area contributed by atoms with E-state index in [1.165, 1.54) is 0 Å². The Kier molecular flexibility index (Phi) is 3.49. The van der Waals surface area contributed by atoms with E-state index in [1.54, 1.807) is 25.1 Å². The van der Waals surface area contributed by atoms with E-state index in [2.05, 4.69) is 5.32 Å². The first kappa shape index (κ1) is 12.5. The Morgan fingerprint density at radius 2 is 2.47 bits per heavy atom. The lowest BCUT2D eigenvalue weighted by molar-refractivity contribution is -0.144. The minimum atomic E-state index is -0.744. The number of aliphatic carboxylic acids is 1. The van der Waals surface area contributed by atoms with Gasteiger partial charge in [-0.2, -0.15) is 0 Å². The summed E-state index contributed by atoms with van der Waals surface area (Å²) >= 11 is 1.72. The molecular weight excluding hydrogens is 238 g/mol. The summed E-state index contributed by atoms with van der Waals surface area (Å²) in [5, 5.41) is 12.6. The van der Waals surface area contributed by atoms with Crippen LogP contribution in [0.2, 0.25) is 0 Å². The summed E-state index contributed by atoms with van der Waals surface area (Å²) < 4.78 is 5.25. The fraction of sp³-hybridized carbons (Fsp3) is 0.583. The molecule has 0 amide bonds. The minimum Gasteiger partial charge on any atom is -0.480 e. The molecule has 2 N–H and O–H groups in total. The van der Waals surface area contributed by atoms with Crippen LogP contribution in [0.3, 0.4) is 0 Å². The van der Waals surface area contributed by atoms with Crippen LogP contribution in [0.15, 0.2) is 21.6 Å². The summed E-state index contributed by atoms with van der Waals surface area (Å²) in [6.07, 6.45) is 3.94. The van der Waals surface area contributed by atoms with Gasteiger partial charge in [0.05, 0.1) is 6.26 Å². The fourth-order valence-corrected chi connectivity index (χ4v) is 3.62. The van der Waals surface area contributed by atoms with Crippen LogP contribution in [0.1, 0.15) is 25.0 Å². The van der Waals surface area contributed by atoms with E-state index in [-0.39, 0.29) is 0 Å². The van der Waals surface area contributed by atoms with E-state index in [4.69, 9.17) is 4.42 Å². The highest BCUT2D eigenvalue weighted by atomic mass is 32.2. The molecular formula is C12H17NO3S. The highest BCUT2D eigenvalue weighted by Gasteiger charge is 2.44. The Hall–Kier alpha value is -0.940. The number of likely N-dealkylation sites (N-methyl/N-ethyl adjacent to an activating group) is 1. The molecule has 0 radical (unpaired) electrons. The lowest BCUT2D eigenvalue weighted by Gasteiger charge is -2.23. The van der Waals surface area contributed by atoms with Crippen LogP contribution < -0.4 is 5.32 Å². The molecule has 2 unspecified atom stereocenters. The second-order valence-electron chi connectivity index (χ2n) is 4.46. The molecule has 1 aliphatic carbocycles. The van der Waals surface area contributed by atoms with Crippen molar-refractivity contribution in [2.45, 2.75) is 41.9 Å². The van der Waals surface area contributed by atoms with Crippen molar-refractivity contribution in [3.05, 3.63) is 18.1 Å². The van der Waals surface area contributed by atoms with Gasteiger partial charge in [-0.15, -0.1) is 11.8 Å². The average molecular weight is 255 g/mol. The molecule has 1 saturated carbocycles. The highest BCUT2D eigenvalue weighted by molar-refractivity contribution is 8.00. The van der Waals surface area contributed by atoms with E-state index in [0.717, 1.165) is 17.1 Å². The average Bonchev–Trinajstić information content (AvgIpc) is 2.88. The van der Waals surface area contributed by atoms with Crippen molar-refractivity contribution in [2.75, 3.05) is 7.05 Å². The number of hydrogen-bond donors (Lipinski definition) is 2. The number of carboxylic acids is 1. The van der Waals surface area contributed by atoms with Crippen LogP contribution in [0.5, 0.6) is 0 Å². The molecule has 5 heteroatoms. The lowest BCUT2D eigenvalue weighted by atomic mass is 9.99. The smallest absolute Gasteiger partial charge is 0.323 e. The van der Waals surface area contributed by atoms with Gasteiger partial charge in [0.2, 0.25) is 0 Å². The number of hydrogen-bond acceptors (Lipinski definition) is 4. The maximum absolute atomic E-state index is 11.3. The van der Waals surface area contributed by atoms with Gasteiger partial charge in [-0.1, -0.05) is 0 Å². The largest absolute Gasteiger partial charge is 0.480 e. The lowest BCUT2D eigenvalue weighted by Crippen LogP contribution is -2.48. The zero-order chi connectivity index (χ0) is 12.5. The summed E-state index contributed by atoms with van der Waals surface area (Å²) in [4.78, 5) is 12.4. The first-order valence-electron chi connectivity index (χ1n) is 5.70. The molecule has 1 fully saturated rings. The number of carboxylic acid groups (broad SMARTS) is 1. The van der Waals surface area contributed by atoms with E-state index in [1.807, 2.05) is 13.0 Å². The Balaban J connectivity index is 2.03. The van der Waals surface area contributed by atoms with Crippen LogP contribution in [0.25, 0.3) is 0 Å². The van der Waals surface area contributed by atoms with E-state index in [0.29, 0.717) is 18.1 Å². The highest BCUT2D eigenvalue weighted by Crippen LogP contribution is 2.41. The van der Waals surface area contributed by atoms with Crippen molar-refractivity contribution in [1.82, 2.24) is 5.32 Å². The number of thioether (sulfide) groups is 1. The molecule has 4 nitrogen and oxygen atoms in total. The summed E-state index contributed by atoms with van der Waals surface area (Å²) in [5.41, 5.74) is -0.741. The molecule has 0 aliphatic heterocycles. The Labute approximate surface area is 105 Å². The first-order valence-corrected chi connectivity index (χ1v) is 6.58. The van der Waals surface area contributed by atoms with Gasteiger partial charge in [-0.3, -0.25) is 4.79 Å². The maximum Gasteiger partial charge on any atom is 0.323 e. The van der Waals surface area contributed by atoms with Gasteiger partial charge < -0.3 is 14.8 Å². The SMILES string of the molecule is CNC1(C(=O)O)CCC(Sc2ccoc2C)C1. The van der Waals surface area contributed by atoms with E-state index >= 15 is 0 Å². The molecule has 1 aromatic rings. The third-order valence-electron chi connectivity index (χ3n) is 3.46. The zero-order valence-corrected chi connectivity index (χ0v) is 10.8. The molecule has 17 heavy (non-hydrogen) atoms. The van der Waals surface area contributed by atoms with Crippen molar-refractivity contribution in [3.63, 3.8) is 0 Å². The van der Waals surface area contributed by atoms with Crippen molar-refractivity contribution in [1.29, 1.82) is 0 Å². The number of carbonyl (C=O) groups is 1. The molecule has 0 spiro atoms. The minimum absolute atomic E-state index is 0.342. The molecule has 1 aromatic heterocycles. The second kappa shape index (κ2) is 4.74. The topological polar surface area (TPSA) is 62.5 Å². The Morgan fingerprint density at radius 3 is 2.94 bits per heavy atom. The number of furan rings is 1. The van der Waals surface area contributed by atoms with Gasteiger partial charge in [0.25, 0.3) is 0 Å². The van der Waals surface area contributed by atoms with Gasteiger partial charge in [0.15, 0.2) is 0 Å². The standard InChI is InChI=1S/C12H17NO3S/c1-8-10(4-6-16-8)17-9-3-5-12(7-9,13-2)11(14)15/h4,6,9,13H,3,5,7H2,1-2H3,(H,14,15). The summed E-state index contributed by atoms with van der Waals surface area (Å²) in [7, 11) is 1.73. The van der Waals surface area contributed by atoms with Gasteiger partial charge in [0.1, 0.15) is 11.3 Å². The van der Waals surface area contributed by atoms with Gasteiger partial charge in [0, 0.05) is 10.1 Å². The van der Waals surface area contributed by atoms with Crippen LogP contribution in [-0.4, -0.2) is 28.9 Å². The molecule has 0 aromatic carbocycles. The Morgan fingerprint density at radius 1 is 1.71 bits per heavy atom. The van der Waals surface area contributed by atoms with Crippen molar-refractivity contribution in [3.8, 4) is 0 Å². The fourth-order valence-electron chi connectivity index (χ4n) is 2.30. The summed E-state index contributed by atoms with van der Waals surface area (Å²) in [5.74, 6) is 0.166. The molecule has 1 aliphatic rings. The third kappa shape index (κ3) is 2.35. The summed E-state index contributed by atoms with van der Waals surface area (Å²) in [6.45, 7) is 1.93.